The van der Waals surface area contributed by atoms with E-state index in [0.717, 1.165) is 37.6 Å². The normalized spacial score (nSPS) is 14.0. The molecule has 10 heteroatoms. The number of halogens is 2. The molecule has 0 atom stereocenters. The van der Waals surface area contributed by atoms with Gasteiger partial charge in [-0.2, -0.15) is 0 Å². The van der Waals surface area contributed by atoms with Gasteiger partial charge in [0.15, 0.2) is 0 Å². The highest BCUT2D eigenvalue weighted by Gasteiger charge is 2.24. The number of hydrogen-bond donors (Lipinski definition) is 1. The second-order valence-corrected chi connectivity index (χ2v) is 8.94. The summed E-state index contributed by atoms with van der Waals surface area (Å²) in [7, 11) is 2.12. The number of piperazine rings is 1. The number of carbonyl (C=O) groups is 2. The van der Waals surface area contributed by atoms with Gasteiger partial charge >= 0.3 is 5.97 Å². The molecule has 3 aromatic rings. The van der Waals surface area contributed by atoms with E-state index in [4.69, 9.17) is 27.9 Å². The lowest BCUT2D eigenvalue weighted by atomic mass is 10.0. The van der Waals surface area contributed by atoms with Crippen molar-refractivity contribution in [3.05, 3.63) is 75.5 Å². The van der Waals surface area contributed by atoms with Gasteiger partial charge in [-0.25, -0.2) is 14.8 Å². The summed E-state index contributed by atoms with van der Waals surface area (Å²) >= 11 is 12.2. The van der Waals surface area contributed by atoms with Crippen LogP contribution in [0.5, 0.6) is 0 Å². The molecule has 0 bridgehead atoms. The zero-order valence-electron chi connectivity index (χ0n) is 19.4. The second kappa shape index (κ2) is 11.0. The zero-order valence-corrected chi connectivity index (χ0v) is 20.9. The van der Waals surface area contributed by atoms with Crippen molar-refractivity contribution in [3.63, 3.8) is 0 Å². The summed E-state index contributed by atoms with van der Waals surface area (Å²) in [5, 5.41) is 3.65. The van der Waals surface area contributed by atoms with E-state index in [9.17, 15) is 9.59 Å². The van der Waals surface area contributed by atoms with Gasteiger partial charge in [-0.15, -0.1) is 0 Å². The molecule has 1 aliphatic rings. The molecule has 2 heterocycles. The Bertz CT molecular complexity index is 1230. The van der Waals surface area contributed by atoms with Gasteiger partial charge in [0.1, 0.15) is 11.3 Å². The molecule has 35 heavy (non-hydrogen) atoms. The van der Waals surface area contributed by atoms with Gasteiger partial charge in [-0.3, -0.25) is 4.79 Å². The molecule has 1 N–H and O–H groups in total. The number of likely N-dealkylation sites (N-methyl/N-ethyl adjacent to an activating group) is 1. The standard InChI is InChI=1S/C25H25Cl2N5O3/c1-3-35-24(34)20-15-28-25(30-22(20)23(33)19-9-4-16(26)14-21(19)27)29-17-5-7-18(8-6-17)32-12-10-31(2)11-13-32/h4-9,14-15H,3,10-13H2,1-2H3,(H,28,29,30). The van der Waals surface area contributed by atoms with Gasteiger partial charge in [-0.1, -0.05) is 23.2 Å². The minimum Gasteiger partial charge on any atom is -0.462 e. The fraction of sp³-hybridized carbons (Fsp3) is 0.280. The van der Waals surface area contributed by atoms with Crippen LogP contribution in [0, 0.1) is 0 Å². The summed E-state index contributed by atoms with van der Waals surface area (Å²) in [6.45, 7) is 5.82. The van der Waals surface area contributed by atoms with E-state index in [0.29, 0.717) is 5.02 Å². The van der Waals surface area contributed by atoms with Crippen LogP contribution in [0.2, 0.25) is 10.0 Å². The Balaban J connectivity index is 1.60. The number of nitrogens with one attached hydrogen (secondary N) is 1. The van der Waals surface area contributed by atoms with Crippen molar-refractivity contribution in [3.8, 4) is 0 Å². The third-order valence-corrected chi connectivity index (χ3v) is 6.21. The largest absolute Gasteiger partial charge is 0.462 e. The molecule has 1 aliphatic heterocycles. The fourth-order valence-corrected chi connectivity index (χ4v) is 4.22. The summed E-state index contributed by atoms with van der Waals surface area (Å²) in [6, 6.07) is 12.4. The number of ketones is 1. The summed E-state index contributed by atoms with van der Waals surface area (Å²) in [6.07, 6.45) is 1.28. The van der Waals surface area contributed by atoms with E-state index >= 15 is 0 Å². The van der Waals surface area contributed by atoms with Crippen molar-refractivity contribution in [2.75, 3.05) is 50.1 Å². The molecular weight excluding hydrogens is 489 g/mol. The minimum atomic E-state index is -0.691. The Morgan fingerprint density at radius 3 is 2.40 bits per heavy atom. The smallest absolute Gasteiger partial charge is 0.342 e. The molecule has 0 saturated carbocycles. The first kappa shape index (κ1) is 24.9. The zero-order chi connectivity index (χ0) is 24.9. The first-order chi connectivity index (χ1) is 16.9. The maximum absolute atomic E-state index is 13.3. The van der Waals surface area contributed by atoms with Crippen LogP contribution in [0.4, 0.5) is 17.3 Å². The number of esters is 1. The molecule has 1 saturated heterocycles. The predicted octanol–water partition coefficient (Wildman–Crippen LogP) is 4.69. The Hall–Kier alpha value is -3.20. The van der Waals surface area contributed by atoms with Crippen LogP contribution in [0.1, 0.15) is 33.3 Å². The van der Waals surface area contributed by atoms with E-state index in [1.54, 1.807) is 13.0 Å². The number of rotatable bonds is 7. The number of hydrogen-bond acceptors (Lipinski definition) is 8. The highest BCUT2D eigenvalue weighted by molar-refractivity contribution is 6.37. The van der Waals surface area contributed by atoms with Crippen molar-refractivity contribution in [1.82, 2.24) is 14.9 Å². The molecular formula is C25H25Cl2N5O3. The molecule has 1 aromatic heterocycles. The lowest BCUT2D eigenvalue weighted by Gasteiger charge is -2.34. The van der Waals surface area contributed by atoms with E-state index in [1.165, 1.54) is 18.3 Å². The van der Waals surface area contributed by atoms with Crippen molar-refractivity contribution in [2.24, 2.45) is 0 Å². The number of aromatic nitrogens is 2. The SMILES string of the molecule is CCOC(=O)c1cnc(Nc2ccc(N3CCN(C)CC3)cc2)nc1C(=O)c1ccc(Cl)cc1Cl. The van der Waals surface area contributed by atoms with Crippen LogP contribution >= 0.6 is 23.2 Å². The van der Waals surface area contributed by atoms with Gasteiger partial charge in [-0.05, 0) is 56.4 Å². The van der Waals surface area contributed by atoms with Crippen LogP contribution in [-0.4, -0.2) is 66.5 Å². The van der Waals surface area contributed by atoms with Crippen LogP contribution in [0.15, 0.2) is 48.7 Å². The molecule has 8 nitrogen and oxygen atoms in total. The maximum atomic E-state index is 13.3. The summed E-state index contributed by atoms with van der Waals surface area (Å²) < 4.78 is 5.09. The quantitative estimate of drug-likeness (QED) is 0.359. The number of carbonyl (C=O) groups excluding carboxylic acids is 2. The number of benzene rings is 2. The minimum absolute atomic E-state index is 0.0427. The fourth-order valence-electron chi connectivity index (χ4n) is 3.72. The molecule has 2 aromatic carbocycles. The third kappa shape index (κ3) is 5.90. The number of nitrogens with zero attached hydrogens (tertiary/aromatic N) is 4. The van der Waals surface area contributed by atoms with E-state index < -0.39 is 11.8 Å². The number of anilines is 3. The van der Waals surface area contributed by atoms with Gasteiger partial charge in [0, 0.05) is 54.3 Å². The second-order valence-electron chi connectivity index (χ2n) is 8.09. The molecule has 0 spiro atoms. The molecule has 1 fully saturated rings. The molecule has 0 radical (unpaired) electrons. The molecule has 4 rings (SSSR count). The Morgan fingerprint density at radius 1 is 1.03 bits per heavy atom. The van der Waals surface area contributed by atoms with Gasteiger partial charge in [0.25, 0.3) is 0 Å². The average Bonchev–Trinajstić information content (AvgIpc) is 2.85. The van der Waals surface area contributed by atoms with E-state index in [1.807, 2.05) is 24.3 Å². The predicted molar refractivity (Wildman–Crippen MR) is 137 cm³/mol. The molecule has 182 valence electrons. The van der Waals surface area contributed by atoms with Gasteiger partial charge in [0.05, 0.1) is 11.6 Å². The molecule has 0 unspecified atom stereocenters. The van der Waals surface area contributed by atoms with E-state index in [2.05, 4.69) is 32.1 Å². The number of ether oxygens (including phenoxy) is 1. The lowest BCUT2D eigenvalue weighted by Crippen LogP contribution is -2.44. The van der Waals surface area contributed by atoms with E-state index in [-0.39, 0.29) is 34.4 Å². The first-order valence-electron chi connectivity index (χ1n) is 11.2. The van der Waals surface area contributed by atoms with Crippen LogP contribution in [-0.2, 0) is 4.74 Å². The molecule has 0 aliphatic carbocycles. The Kier molecular flexibility index (Phi) is 7.85. The van der Waals surface area contributed by atoms with Crippen molar-refractivity contribution >= 4 is 52.3 Å². The van der Waals surface area contributed by atoms with Crippen LogP contribution in [0.25, 0.3) is 0 Å². The topological polar surface area (TPSA) is 87.7 Å². The van der Waals surface area contributed by atoms with Gasteiger partial charge < -0.3 is 19.9 Å². The maximum Gasteiger partial charge on any atom is 0.342 e. The van der Waals surface area contributed by atoms with Crippen molar-refractivity contribution in [2.45, 2.75) is 6.92 Å². The summed E-state index contributed by atoms with van der Waals surface area (Å²) in [5.74, 6) is -1.06. The Labute approximate surface area is 213 Å². The first-order valence-corrected chi connectivity index (χ1v) is 12.0. The monoisotopic (exact) mass is 513 g/mol. The highest BCUT2D eigenvalue weighted by atomic mass is 35.5. The summed E-state index contributed by atoms with van der Waals surface area (Å²) in [4.78, 5) is 39.0. The molecule has 0 amide bonds. The highest BCUT2D eigenvalue weighted by Crippen LogP contribution is 2.26. The van der Waals surface area contributed by atoms with Crippen LogP contribution in [0.3, 0.4) is 0 Å². The lowest BCUT2D eigenvalue weighted by molar-refractivity contribution is 0.0522. The van der Waals surface area contributed by atoms with Gasteiger partial charge in [0.2, 0.25) is 11.7 Å². The average molecular weight is 514 g/mol. The van der Waals surface area contributed by atoms with Crippen molar-refractivity contribution in [1.29, 1.82) is 0 Å². The Morgan fingerprint density at radius 2 is 1.74 bits per heavy atom. The summed E-state index contributed by atoms with van der Waals surface area (Å²) in [5.41, 5.74) is 1.89. The van der Waals surface area contributed by atoms with Crippen LogP contribution < -0.4 is 10.2 Å². The third-order valence-electron chi connectivity index (χ3n) is 5.67. The van der Waals surface area contributed by atoms with Crippen molar-refractivity contribution < 1.29 is 14.3 Å².